The number of sulfone groups is 1. The first kappa shape index (κ1) is 13.4. The summed E-state index contributed by atoms with van der Waals surface area (Å²) < 4.78 is 22.9. The minimum Gasteiger partial charge on any atom is -0.355 e. The van der Waals surface area contributed by atoms with E-state index in [9.17, 15) is 13.2 Å². The van der Waals surface area contributed by atoms with Gasteiger partial charge in [-0.2, -0.15) is 0 Å². The molecule has 6 heteroatoms. The first-order valence-corrected chi connectivity index (χ1v) is 7.59. The van der Waals surface area contributed by atoms with Crippen molar-refractivity contribution in [2.45, 2.75) is 37.5 Å². The van der Waals surface area contributed by atoms with Gasteiger partial charge in [-0.1, -0.05) is 6.42 Å². The molecule has 0 saturated heterocycles. The lowest BCUT2D eigenvalue weighted by Crippen LogP contribution is -2.44. The van der Waals surface area contributed by atoms with Gasteiger partial charge in [-0.25, -0.2) is 8.42 Å². The summed E-state index contributed by atoms with van der Waals surface area (Å²) in [5.41, 5.74) is 0. The van der Waals surface area contributed by atoms with E-state index in [2.05, 4.69) is 10.6 Å². The zero-order chi connectivity index (χ0) is 12.2. The van der Waals surface area contributed by atoms with Crippen LogP contribution >= 0.6 is 0 Å². The number of carbonyl (C=O) groups excluding carboxylic acids is 1. The van der Waals surface area contributed by atoms with Gasteiger partial charge in [0.1, 0.15) is 0 Å². The van der Waals surface area contributed by atoms with Gasteiger partial charge in [-0.3, -0.25) is 4.79 Å². The van der Waals surface area contributed by atoms with Crippen LogP contribution < -0.4 is 10.6 Å². The van der Waals surface area contributed by atoms with Crippen LogP contribution in [0.5, 0.6) is 0 Å². The highest BCUT2D eigenvalue weighted by Crippen LogP contribution is 2.24. The Kier molecular flexibility index (Phi) is 4.73. The molecule has 0 aromatic rings. The van der Waals surface area contributed by atoms with Gasteiger partial charge in [0.25, 0.3) is 0 Å². The molecule has 0 heterocycles. The molecule has 0 aliphatic heterocycles. The molecule has 1 rings (SSSR count). The number of likely N-dealkylation sites (N-methyl/N-ethyl adjacent to an activating group) is 1. The fraction of sp³-hybridized carbons (Fsp3) is 0.900. The molecule has 1 fully saturated rings. The summed E-state index contributed by atoms with van der Waals surface area (Å²) >= 11 is 0. The van der Waals surface area contributed by atoms with E-state index in [4.69, 9.17) is 0 Å². The van der Waals surface area contributed by atoms with E-state index in [0.29, 0.717) is 13.0 Å². The molecule has 1 saturated carbocycles. The standard InChI is InChI=1S/C10H20N2O3S/c1-3-11-10(13)7-12-8-5-4-6-9(8)16(2,14)15/h8-9,12H,3-7H2,1-2H3,(H,11,13). The maximum Gasteiger partial charge on any atom is 0.233 e. The minimum atomic E-state index is -3.01. The van der Waals surface area contributed by atoms with Crippen molar-refractivity contribution in [2.75, 3.05) is 19.3 Å². The molecule has 1 aliphatic carbocycles. The maximum absolute atomic E-state index is 11.5. The van der Waals surface area contributed by atoms with Crippen molar-refractivity contribution >= 4 is 15.7 Å². The molecule has 2 atom stereocenters. The highest BCUT2D eigenvalue weighted by Gasteiger charge is 2.34. The summed E-state index contributed by atoms with van der Waals surface area (Å²) in [6.07, 6.45) is 3.71. The lowest BCUT2D eigenvalue weighted by atomic mass is 10.2. The lowest BCUT2D eigenvalue weighted by Gasteiger charge is -2.19. The quantitative estimate of drug-likeness (QED) is 0.699. The van der Waals surface area contributed by atoms with E-state index in [1.165, 1.54) is 6.26 Å². The van der Waals surface area contributed by atoms with Crippen LogP contribution in [0.1, 0.15) is 26.2 Å². The number of rotatable bonds is 5. The van der Waals surface area contributed by atoms with Crippen LogP contribution in [-0.4, -0.2) is 45.0 Å². The zero-order valence-corrected chi connectivity index (χ0v) is 10.6. The van der Waals surface area contributed by atoms with E-state index in [-0.39, 0.29) is 23.7 Å². The van der Waals surface area contributed by atoms with E-state index < -0.39 is 9.84 Å². The fourth-order valence-corrected chi connectivity index (χ4v) is 3.58. The molecular weight excluding hydrogens is 228 g/mol. The largest absolute Gasteiger partial charge is 0.355 e. The van der Waals surface area contributed by atoms with Gasteiger partial charge in [0.2, 0.25) is 5.91 Å². The Morgan fingerprint density at radius 3 is 2.62 bits per heavy atom. The SMILES string of the molecule is CCNC(=O)CNC1CCCC1S(C)(=O)=O. The smallest absolute Gasteiger partial charge is 0.233 e. The molecule has 0 aromatic heterocycles. The van der Waals surface area contributed by atoms with E-state index in [1.54, 1.807) is 0 Å². The Bertz CT molecular complexity index is 340. The van der Waals surface area contributed by atoms with Gasteiger partial charge in [0.15, 0.2) is 9.84 Å². The monoisotopic (exact) mass is 248 g/mol. The molecule has 1 aliphatic rings. The molecule has 0 aromatic carbocycles. The molecule has 0 spiro atoms. The van der Waals surface area contributed by atoms with Gasteiger partial charge >= 0.3 is 0 Å². The second-order valence-electron chi connectivity index (χ2n) is 4.24. The predicted molar refractivity (Wildman–Crippen MR) is 63.0 cm³/mol. The van der Waals surface area contributed by atoms with Crippen LogP contribution in [0.2, 0.25) is 0 Å². The highest BCUT2D eigenvalue weighted by atomic mass is 32.2. The molecule has 0 bridgehead atoms. The topological polar surface area (TPSA) is 75.3 Å². The van der Waals surface area contributed by atoms with Gasteiger partial charge in [0.05, 0.1) is 11.8 Å². The number of carbonyl (C=O) groups is 1. The summed E-state index contributed by atoms with van der Waals surface area (Å²) in [6, 6.07) is -0.0717. The van der Waals surface area contributed by atoms with E-state index in [1.807, 2.05) is 6.92 Å². The van der Waals surface area contributed by atoms with Gasteiger partial charge in [-0.15, -0.1) is 0 Å². The molecule has 1 amide bonds. The Hall–Kier alpha value is -0.620. The summed E-state index contributed by atoms with van der Waals surface area (Å²) in [4.78, 5) is 11.2. The average molecular weight is 248 g/mol. The van der Waals surface area contributed by atoms with Crippen LogP contribution in [0.15, 0.2) is 0 Å². The molecule has 2 unspecified atom stereocenters. The van der Waals surface area contributed by atoms with Crippen LogP contribution in [0.4, 0.5) is 0 Å². The molecule has 0 radical (unpaired) electrons. The molecular formula is C10H20N2O3S. The van der Waals surface area contributed by atoms with Gasteiger partial charge in [-0.05, 0) is 19.8 Å². The van der Waals surface area contributed by atoms with Crippen LogP contribution in [-0.2, 0) is 14.6 Å². The summed E-state index contributed by atoms with van der Waals surface area (Å²) in [6.45, 7) is 2.65. The van der Waals surface area contributed by atoms with Gasteiger partial charge < -0.3 is 10.6 Å². The van der Waals surface area contributed by atoms with E-state index in [0.717, 1.165) is 12.8 Å². The average Bonchev–Trinajstić information content (AvgIpc) is 2.62. The fourth-order valence-electron chi connectivity index (χ4n) is 2.16. The van der Waals surface area contributed by atoms with E-state index >= 15 is 0 Å². The first-order valence-electron chi connectivity index (χ1n) is 5.64. The molecule has 94 valence electrons. The van der Waals surface area contributed by atoms with Crippen molar-refractivity contribution in [3.63, 3.8) is 0 Å². The second-order valence-corrected chi connectivity index (χ2v) is 6.50. The van der Waals surface area contributed by atoms with Crippen LogP contribution in [0.25, 0.3) is 0 Å². The van der Waals surface area contributed by atoms with Gasteiger partial charge in [0, 0.05) is 18.8 Å². The summed E-state index contributed by atoms with van der Waals surface area (Å²) in [7, 11) is -3.01. The third kappa shape index (κ3) is 3.75. The first-order chi connectivity index (χ1) is 7.45. The van der Waals surface area contributed by atoms with Crippen molar-refractivity contribution in [1.29, 1.82) is 0 Å². The van der Waals surface area contributed by atoms with Crippen molar-refractivity contribution < 1.29 is 13.2 Å². The molecule has 2 N–H and O–H groups in total. The Morgan fingerprint density at radius 2 is 2.06 bits per heavy atom. The minimum absolute atomic E-state index is 0.0717. The third-order valence-electron chi connectivity index (χ3n) is 2.90. The third-order valence-corrected chi connectivity index (χ3v) is 4.57. The zero-order valence-electron chi connectivity index (χ0n) is 9.82. The number of hydrogen-bond donors (Lipinski definition) is 2. The maximum atomic E-state index is 11.5. The second kappa shape index (κ2) is 5.63. The number of amides is 1. The lowest BCUT2D eigenvalue weighted by molar-refractivity contribution is -0.120. The predicted octanol–water partition coefficient (Wildman–Crippen LogP) is -0.322. The number of nitrogens with one attached hydrogen (secondary N) is 2. The van der Waals surface area contributed by atoms with Crippen molar-refractivity contribution in [1.82, 2.24) is 10.6 Å². The van der Waals surface area contributed by atoms with Crippen LogP contribution in [0.3, 0.4) is 0 Å². The summed E-state index contributed by atoms with van der Waals surface area (Å²) in [5.74, 6) is -0.0818. The Morgan fingerprint density at radius 1 is 1.38 bits per heavy atom. The Balaban J connectivity index is 2.45. The summed E-state index contributed by atoms with van der Waals surface area (Å²) in [5, 5.41) is 5.37. The Labute approximate surface area is 96.9 Å². The highest BCUT2D eigenvalue weighted by molar-refractivity contribution is 7.91. The molecule has 16 heavy (non-hydrogen) atoms. The van der Waals surface area contributed by atoms with Crippen molar-refractivity contribution in [3.05, 3.63) is 0 Å². The normalized spacial score (nSPS) is 25.6. The van der Waals surface area contributed by atoms with Crippen LogP contribution in [0, 0.1) is 0 Å². The van der Waals surface area contributed by atoms with Crippen molar-refractivity contribution in [3.8, 4) is 0 Å². The van der Waals surface area contributed by atoms with Crippen molar-refractivity contribution in [2.24, 2.45) is 0 Å². The molecule has 5 nitrogen and oxygen atoms in total. The number of hydrogen-bond acceptors (Lipinski definition) is 4.